The first-order chi connectivity index (χ1) is 10.5. The molecular formula is C16H29ClN2O4. The Morgan fingerprint density at radius 2 is 1.87 bits per heavy atom. The van der Waals surface area contributed by atoms with E-state index in [-0.39, 0.29) is 29.6 Å². The summed E-state index contributed by atoms with van der Waals surface area (Å²) in [4.78, 5) is 28.2. The molecule has 23 heavy (non-hydrogen) atoms. The average molecular weight is 349 g/mol. The number of esters is 1. The summed E-state index contributed by atoms with van der Waals surface area (Å²) in [5.74, 6) is -0.651. The van der Waals surface area contributed by atoms with Crippen molar-refractivity contribution in [1.82, 2.24) is 9.80 Å². The van der Waals surface area contributed by atoms with Crippen LogP contribution in [0.5, 0.6) is 0 Å². The predicted octanol–water partition coefficient (Wildman–Crippen LogP) is 1.30. The van der Waals surface area contributed by atoms with Crippen LogP contribution in [0.2, 0.25) is 0 Å². The van der Waals surface area contributed by atoms with Crippen LogP contribution in [0.25, 0.3) is 0 Å². The topological polar surface area (TPSA) is 70.1 Å². The van der Waals surface area contributed by atoms with Crippen molar-refractivity contribution in [1.29, 1.82) is 0 Å². The van der Waals surface area contributed by atoms with Crippen LogP contribution in [-0.2, 0) is 14.3 Å². The molecule has 0 bridgehead atoms. The first-order valence-corrected chi connectivity index (χ1v) is 8.49. The molecule has 6 nitrogen and oxygen atoms in total. The normalized spacial score (nSPS) is 19.2. The summed E-state index contributed by atoms with van der Waals surface area (Å²) < 4.78 is 5.44. The number of alkyl halides is 1. The van der Waals surface area contributed by atoms with E-state index in [0.717, 1.165) is 0 Å². The summed E-state index contributed by atoms with van der Waals surface area (Å²) in [7, 11) is 1.64. The SMILES string of the molecule is CC(C)[C@@H](C(=O)OC(C)(C)C)N(C)C(=O)C1CN(C(O)CCl)C1. The molecule has 1 N–H and O–H groups in total. The van der Waals surface area contributed by atoms with Crippen LogP contribution in [0, 0.1) is 11.8 Å². The lowest BCUT2D eigenvalue weighted by Gasteiger charge is -2.43. The van der Waals surface area contributed by atoms with Gasteiger partial charge in [-0.15, -0.1) is 11.6 Å². The van der Waals surface area contributed by atoms with Crippen molar-refractivity contribution in [3.05, 3.63) is 0 Å². The van der Waals surface area contributed by atoms with Gasteiger partial charge in [-0.2, -0.15) is 0 Å². The van der Waals surface area contributed by atoms with Gasteiger partial charge < -0.3 is 14.7 Å². The van der Waals surface area contributed by atoms with Gasteiger partial charge >= 0.3 is 5.97 Å². The molecule has 134 valence electrons. The number of hydrogen-bond acceptors (Lipinski definition) is 5. The second-order valence-corrected chi connectivity index (χ2v) is 7.77. The summed E-state index contributed by atoms with van der Waals surface area (Å²) in [6.07, 6.45) is -0.724. The van der Waals surface area contributed by atoms with Gasteiger partial charge in [0.25, 0.3) is 0 Å². The van der Waals surface area contributed by atoms with Crippen LogP contribution < -0.4 is 0 Å². The van der Waals surface area contributed by atoms with Gasteiger partial charge in [0.1, 0.15) is 17.9 Å². The quantitative estimate of drug-likeness (QED) is 0.578. The van der Waals surface area contributed by atoms with Gasteiger partial charge in [-0.1, -0.05) is 13.8 Å². The highest BCUT2D eigenvalue weighted by molar-refractivity contribution is 6.18. The van der Waals surface area contributed by atoms with Crippen molar-refractivity contribution in [2.24, 2.45) is 11.8 Å². The number of likely N-dealkylation sites (tertiary alicyclic amines) is 1. The highest BCUT2D eigenvalue weighted by Gasteiger charge is 2.41. The van der Waals surface area contributed by atoms with E-state index >= 15 is 0 Å². The lowest BCUT2D eigenvalue weighted by molar-refractivity contribution is -0.169. The third-order valence-electron chi connectivity index (χ3n) is 3.86. The molecule has 0 saturated carbocycles. The van der Waals surface area contributed by atoms with Crippen LogP contribution in [0.3, 0.4) is 0 Å². The number of halogens is 1. The molecule has 1 aliphatic rings. The fourth-order valence-corrected chi connectivity index (χ4v) is 2.87. The minimum Gasteiger partial charge on any atom is -0.458 e. The second kappa shape index (κ2) is 7.81. The molecule has 1 saturated heterocycles. The van der Waals surface area contributed by atoms with Crippen molar-refractivity contribution in [2.75, 3.05) is 26.0 Å². The van der Waals surface area contributed by atoms with Crippen molar-refractivity contribution in [3.63, 3.8) is 0 Å². The van der Waals surface area contributed by atoms with Crippen LogP contribution >= 0.6 is 11.6 Å². The van der Waals surface area contributed by atoms with Gasteiger partial charge in [-0.05, 0) is 26.7 Å². The first kappa shape index (κ1) is 20.2. The number of nitrogens with zero attached hydrogens (tertiary/aromatic N) is 2. The Morgan fingerprint density at radius 3 is 2.26 bits per heavy atom. The zero-order valence-corrected chi connectivity index (χ0v) is 15.6. The zero-order chi connectivity index (χ0) is 17.9. The highest BCUT2D eigenvalue weighted by atomic mass is 35.5. The molecular weight excluding hydrogens is 320 g/mol. The maximum absolute atomic E-state index is 12.6. The maximum Gasteiger partial charge on any atom is 0.329 e. The number of likely N-dealkylation sites (N-methyl/N-ethyl adjacent to an activating group) is 1. The Bertz CT molecular complexity index is 430. The molecule has 1 aliphatic heterocycles. The van der Waals surface area contributed by atoms with Gasteiger partial charge in [-0.25, -0.2) is 4.79 Å². The largest absolute Gasteiger partial charge is 0.458 e. The Kier molecular flexibility index (Phi) is 6.86. The minimum atomic E-state index is -0.724. The number of aliphatic hydroxyl groups is 1. The van der Waals surface area contributed by atoms with Gasteiger partial charge in [-0.3, -0.25) is 9.69 Å². The van der Waals surface area contributed by atoms with Crippen LogP contribution in [0.15, 0.2) is 0 Å². The standard InChI is InChI=1S/C16H29ClN2O4/c1-10(2)13(15(22)23-16(3,4)5)18(6)14(21)11-8-19(9-11)12(20)7-17/h10-13,20H,7-9H2,1-6H3/t12?,13-/m0/s1. The number of carbonyl (C=O) groups is 2. The number of ether oxygens (including phenoxy) is 1. The predicted molar refractivity (Wildman–Crippen MR) is 89.0 cm³/mol. The molecule has 1 rings (SSSR count). The van der Waals surface area contributed by atoms with Crippen molar-refractivity contribution in [2.45, 2.75) is 52.5 Å². The van der Waals surface area contributed by atoms with E-state index in [1.165, 1.54) is 4.90 Å². The molecule has 1 unspecified atom stereocenters. The smallest absolute Gasteiger partial charge is 0.329 e. The van der Waals surface area contributed by atoms with E-state index in [0.29, 0.717) is 13.1 Å². The van der Waals surface area contributed by atoms with Crippen molar-refractivity contribution >= 4 is 23.5 Å². The summed E-state index contributed by atoms with van der Waals surface area (Å²) >= 11 is 5.60. The van der Waals surface area contributed by atoms with Crippen molar-refractivity contribution in [3.8, 4) is 0 Å². The third kappa shape index (κ3) is 5.33. The summed E-state index contributed by atoms with van der Waals surface area (Å²) in [6.45, 7) is 10.1. The molecule has 0 radical (unpaired) electrons. The van der Waals surface area contributed by atoms with Gasteiger partial charge in [0.2, 0.25) is 5.91 Å². The lowest BCUT2D eigenvalue weighted by Crippen LogP contribution is -2.60. The fourth-order valence-electron chi connectivity index (χ4n) is 2.67. The highest BCUT2D eigenvalue weighted by Crippen LogP contribution is 2.23. The Balaban J connectivity index is 2.70. The number of carbonyl (C=O) groups excluding carboxylic acids is 2. The van der Waals surface area contributed by atoms with E-state index < -0.39 is 17.9 Å². The van der Waals surface area contributed by atoms with E-state index in [1.807, 2.05) is 34.6 Å². The second-order valence-electron chi connectivity index (χ2n) is 7.46. The van der Waals surface area contributed by atoms with Gasteiger partial charge in [0, 0.05) is 20.1 Å². The van der Waals surface area contributed by atoms with Crippen LogP contribution in [-0.4, -0.2) is 70.7 Å². The molecule has 0 aromatic carbocycles. The van der Waals surface area contributed by atoms with E-state index in [9.17, 15) is 14.7 Å². The molecule has 7 heteroatoms. The Hall–Kier alpha value is -0.850. The fraction of sp³-hybridized carbons (Fsp3) is 0.875. The monoisotopic (exact) mass is 348 g/mol. The zero-order valence-electron chi connectivity index (χ0n) is 14.9. The molecule has 0 aromatic heterocycles. The average Bonchev–Trinajstić information content (AvgIpc) is 2.33. The first-order valence-electron chi connectivity index (χ1n) is 7.95. The van der Waals surface area contributed by atoms with Gasteiger partial charge in [0.15, 0.2) is 0 Å². The van der Waals surface area contributed by atoms with Crippen molar-refractivity contribution < 1.29 is 19.4 Å². The number of amides is 1. The minimum absolute atomic E-state index is 0.0524. The molecule has 1 heterocycles. The number of rotatable bonds is 6. The molecule has 1 amide bonds. The lowest BCUT2D eigenvalue weighted by atomic mass is 9.95. The molecule has 0 spiro atoms. The molecule has 0 aromatic rings. The Labute approximate surface area is 143 Å². The number of aliphatic hydroxyl groups excluding tert-OH is 1. The van der Waals surface area contributed by atoms with Crippen LogP contribution in [0.4, 0.5) is 0 Å². The molecule has 1 fully saturated rings. The van der Waals surface area contributed by atoms with Crippen LogP contribution in [0.1, 0.15) is 34.6 Å². The molecule has 2 atom stereocenters. The van der Waals surface area contributed by atoms with E-state index in [4.69, 9.17) is 16.3 Å². The maximum atomic E-state index is 12.6. The third-order valence-corrected chi connectivity index (χ3v) is 4.14. The van der Waals surface area contributed by atoms with E-state index in [2.05, 4.69) is 0 Å². The summed E-state index contributed by atoms with van der Waals surface area (Å²) in [6, 6.07) is -0.617. The molecule has 0 aliphatic carbocycles. The summed E-state index contributed by atoms with van der Waals surface area (Å²) in [5.41, 5.74) is -0.591. The van der Waals surface area contributed by atoms with Gasteiger partial charge in [0.05, 0.1) is 11.8 Å². The number of hydrogen-bond donors (Lipinski definition) is 1. The Morgan fingerprint density at radius 1 is 1.35 bits per heavy atom. The summed E-state index contributed by atoms with van der Waals surface area (Å²) in [5, 5.41) is 9.62. The van der Waals surface area contributed by atoms with E-state index in [1.54, 1.807) is 11.9 Å².